The smallest absolute Gasteiger partial charge is 0.410 e. The molecule has 2 fully saturated rings. The topological polar surface area (TPSA) is 104 Å². The van der Waals surface area contributed by atoms with Gasteiger partial charge >= 0.3 is 6.09 Å². The van der Waals surface area contributed by atoms with Crippen LogP contribution in [0.15, 0.2) is 29.1 Å². The Balaban J connectivity index is 1.45. The van der Waals surface area contributed by atoms with E-state index < -0.39 is 5.60 Å². The van der Waals surface area contributed by atoms with Gasteiger partial charge in [-0.15, -0.1) is 0 Å². The second kappa shape index (κ2) is 8.39. The molecule has 0 spiro atoms. The molecule has 5 rings (SSSR count). The number of fused-ring (bicyclic) bond motifs is 3. The molecule has 2 aliphatic heterocycles. The summed E-state index contributed by atoms with van der Waals surface area (Å²) in [6.07, 6.45) is 1.10. The highest BCUT2D eigenvalue weighted by Gasteiger charge is 2.42. The van der Waals surface area contributed by atoms with Gasteiger partial charge in [0.15, 0.2) is 0 Å². The summed E-state index contributed by atoms with van der Waals surface area (Å²) in [4.78, 5) is 29.9. The van der Waals surface area contributed by atoms with Crippen molar-refractivity contribution in [2.45, 2.75) is 77.4 Å². The molecule has 3 aromatic rings. The number of ether oxygens (including phenoxy) is 2. The van der Waals surface area contributed by atoms with Crippen LogP contribution in [0.4, 0.5) is 4.79 Å². The summed E-state index contributed by atoms with van der Waals surface area (Å²) in [5, 5.41) is 9.19. The van der Waals surface area contributed by atoms with E-state index >= 15 is 0 Å². The fraction of sp³-hybridized carbons (Fsp3) is 0.560. The molecule has 2 unspecified atom stereocenters. The van der Waals surface area contributed by atoms with Crippen LogP contribution in [0.2, 0.25) is 0 Å². The Morgan fingerprint density at radius 1 is 1.26 bits per heavy atom. The predicted octanol–water partition coefficient (Wildman–Crippen LogP) is 3.69. The first-order valence-electron chi connectivity index (χ1n) is 12.0. The number of carbonyl (C=O) groups is 1. The maximum atomic E-state index is 12.7. The van der Waals surface area contributed by atoms with Crippen molar-refractivity contribution in [3.05, 3.63) is 45.9 Å². The fourth-order valence-corrected chi connectivity index (χ4v) is 4.83. The van der Waals surface area contributed by atoms with E-state index in [4.69, 9.17) is 14.6 Å². The molecular weight excluding hydrogens is 434 g/mol. The fourth-order valence-electron chi connectivity index (χ4n) is 4.83. The van der Waals surface area contributed by atoms with Crippen LogP contribution >= 0.6 is 0 Å². The van der Waals surface area contributed by atoms with Crippen molar-refractivity contribution in [1.29, 1.82) is 0 Å². The van der Waals surface area contributed by atoms with Crippen LogP contribution < -0.4 is 10.9 Å². The van der Waals surface area contributed by atoms with E-state index in [0.29, 0.717) is 24.8 Å². The summed E-state index contributed by atoms with van der Waals surface area (Å²) in [6, 6.07) is 7.95. The molecular formula is C25H33N5O4. The minimum Gasteiger partial charge on any atom is -0.444 e. The van der Waals surface area contributed by atoms with Crippen molar-refractivity contribution < 1.29 is 14.3 Å². The monoisotopic (exact) mass is 467 g/mol. The van der Waals surface area contributed by atoms with Crippen molar-refractivity contribution in [3.63, 3.8) is 0 Å². The van der Waals surface area contributed by atoms with Crippen molar-refractivity contribution in [2.24, 2.45) is 0 Å². The number of benzene rings is 1. The van der Waals surface area contributed by atoms with Gasteiger partial charge in [-0.2, -0.15) is 5.10 Å². The van der Waals surface area contributed by atoms with Crippen LogP contribution in [-0.4, -0.2) is 56.6 Å². The van der Waals surface area contributed by atoms with E-state index in [9.17, 15) is 9.59 Å². The average molecular weight is 468 g/mol. The van der Waals surface area contributed by atoms with Gasteiger partial charge in [-0.05, 0) is 59.1 Å². The van der Waals surface area contributed by atoms with Gasteiger partial charge in [0.05, 0.1) is 16.6 Å². The minimum atomic E-state index is -0.519. The van der Waals surface area contributed by atoms with Crippen LogP contribution in [0.25, 0.3) is 16.6 Å². The standard InChI is InChI=1S/C25H33N5O4/c1-14(2)26-23-21(33-23)16-7-6-8-17-20(16)22-27-19(31)13-18(30(22)28-17)15-9-11-29(12-10-15)24(32)34-25(3,4)5/h6-8,13-15,21,23,26H,9-12H2,1-5H3,(H,27,31). The lowest BCUT2D eigenvalue weighted by atomic mass is 9.93. The first kappa shape index (κ1) is 22.9. The van der Waals surface area contributed by atoms with E-state index in [-0.39, 0.29) is 29.9 Å². The molecule has 0 saturated carbocycles. The number of nitrogens with one attached hydrogen (secondary N) is 2. The molecule has 4 heterocycles. The molecule has 2 N–H and O–H groups in total. The summed E-state index contributed by atoms with van der Waals surface area (Å²) < 4.78 is 13.3. The summed E-state index contributed by atoms with van der Waals surface area (Å²) >= 11 is 0. The Bertz CT molecular complexity index is 1280. The molecule has 9 heteroatoms. The van der Waals surface area contributed by atoms with Gasteiger partial charge < -0.3 is 19.4 Å². The summed E-state index contributed by atoms with van der Waals surface area (Å²) in [6.45, 7) is 11.0. The molecule has 0 radical (unpaired) electrons. The third-order valence-corrected chi connectivity index (χ3v) is 6.36. The highest BCUT2D eigenvalue weighted by atomic mass is 16.6. The first-order chi connectivity index (χ1) is 16.1. The van der Waals surface area contributed by atoms with Gasteiger partial charge in [-0.25, -0.2) is 9.31 Å². The summed E-state index contributed by atoms with van der Waals surface area (Å²) in [5.74, 6) is 0.119. The van der Waals surface area contributed by atoms with E-state index in [1.54, 1.807) is 11.0 Å². The Morgan fingerprint density at radius 3 is 2.68 bits per heavy atom. The zero-order valence-corrected chi connectivity index (χ0v) is 20.4. The number of aromatic nitrogens is 3. The lowest BCUT2D eigenvalue weighted by Gasteiger charge is -2.33. The predicted molar refractivity (Wildman–Crippen MR) is 129 cm³/mol. The number of piperidine rings is 1. The zero-order chi connectivity index (χ0) is 24.2. The molecule has 0 aliphatic carbocycles. The third-order valence-electron chi connectivity index (χ3n) is 6.36. The number of rotatable bonds is 4. The van der Waals surface area contributed by atoms with Gasteiger partial charge in [-0.1, -0.05) is 12.1 Å². The van der Waals surface area contributed by atoms with Crippen molar-refractivity contribution in [1.82, 2.24) is 24.8 Å². The quantitative estimate of drug-likeness (QED) is 0.567. The normalized spacial score (nSPS) is 21.5. The number of nitrogens with zero attached hydrogens (tertiary/aromatic N) is 3. The number of hydrogen-bond acceptors (Lipinski definition) is 6. The number of H-pyrrole nitrogens is 1. The average Bonchev–Trinajstić information content (AvgIpc) is 3.41. The molecule has 2 atom stereocenters. The highest BCUT2D eigenvalue weighted by Crippen LogP contribution is 2.41. The Labute approximate surface area is 198 Å². The molecule has 182 valence electrons. The Morgan fingerprint density at radius 2 is 2.00 bits per heavy atom. The van der Waals surface area contributed by atoms with Gasteiger partial charge in [0.25, 0.3) is 5.56 Å². The summed E-state index contributed by atoms with van der Waals surface area (Å²) in [5.41, 5.74) is 2.75. The van der Waals surface area contributed by atoms with Crippen molar-refractivity contribution in [3.8, 4) is 0 Å². The lowest BCUT2D eigenvalue weighted by Crippen LogP contribution is -2.41. The zero-order valence-electron chi connectivity index (χ0n) is 20.4. The van der Waals surface area contributed by atoms with Gasteiger partial charge in [-0.3, -0.25) is 10.1 Å². The molecule has 2 saturated heterocycles. The number of epoxide rings is 1. The number of aromatic amines is 1. The van der Waals surface area contributed by atoms with Crippen molar-refractivity contribution >= 4 is 22.6 Å². The van der Waals surface area contributed by atoms with Crippen LogP contribution in [-0.2, 0) is 9.47 Å². The maximum Gasteiger partial charge on any atom is 0.410 e. The van der Waals surface area contributed by atoms with Crippen LogP contribution in [0.3, 0.4) is 0 Å². The molecule has 34 heavy (non-hydrogen) atoms. The number of likely N-dealkylation sites (tertiary alicyclic amines) is 1. The molecule has 9 nitrogen and oxygen atoms in total. The number of carbonyl (C=O) groups excluding carboxylic acids is 1. The van der Waals surface area contributed by atoms with Crippen LogP contribution in [0, 0.1) is 0 Å². The Hall–Kier alpha value is -2.91. The van der Waals surface area contributed by atoms with Gasteiger partial charge in [0.2, 0.25) is 0 Å². The molecule has 2 aliphatic rings. The Kier molecular flexibility index (Phi) is 5.64. The SMILES string of the molecule is CC(C)NC1OC1c1cccc2nn3c(C4CCN(C(=O)OC(C)(C)C)CC4)cc(=O)[nH]c3c12. The number of hydrogen-bond donors (Lipinski definition) is 2. The molecule has 2 aromatic heterocycles. The summed E-state index contributed by atoms with van der Waals surface area (Å²) in [7, 11) is 0. The van der Waals surface area contributed by atoms with Gasteiger partial charge in [0, 0.05) is 31.1 Å². The van der Waals surface area contributed by atoms with Crippen LogP contribution in [0.1, 0.15) is 70.7 Å². The van der Waals surface area contributed by atoms with E-state index in [1.165, 1.54) is 0 Å². The van der Waals surface area contributed by atoms with E-state index in [2.05, 4.69) is 24.1 Å². The second-order valence-corrected chi connectivity index (χ2v) is 10.6. The van der Waals surface area contributed by atoms with E-state index in [1.807, 2.05) is 43.5 Å². The van der Waals surface area contributed by atoms with Gasteiger partial charge in [0.1, 0.15) is 23.6 Å². The minimum absolute atomic E-state index is 0.0346. The van der Waals surface area contributed by atoms with Crippen molar-refractivity contribution in [2.75, 3.05) is 13.1 Å². The molecule has 0 bridgehead atoms. The second-order valence-electron chi connectivity index (χ2n) is 10.6. The van der Waals surface area contributed by atoms with Crippen LogP contribution in [0.5, 0.6) is 0 Å². The molecule has 1 aromatic carbocycles. The van der Waals surface area contributed by atoms with E-state index in [0.717, 1.165) is 35.0 Å². The first-order valence-corrected chi connectivity index (χ1v) is 12.0. The third kappa shape index (κ3) is 4.42. The number of amides is 1. The maximum absolute atomic E-state index is 12.7. The highest BCUT2D eigenvalue weighted by molar-refractivity contribution is 5.95. The lowest BCUT2D eigenvalue weighted by molar-refractivity contribution is 0.0203. The largest absolute Gasteiger partial charge is 0.444 e. The molecule has 1 amide bonds.